The van der Waals surface area contributed by atoms with Crippen molar-refractivity contribution < 1.29 is 0 Å². The molecule has 9 aromatic heterocycles. The third-order valence-corrected chi connectivity index (χ3v) is 29.6. The molecule has 0 radical (unpaired) electrons. The van der Waals surface area contributed by atoms with Crippen LogP contribution in [-0.4, -0.2) is 41.1 Å². The van der Waals surface area contributed by atoms with Gasteiger partial charge in [-0.05, 0) is 218 Å². The lowest BCUT2D eigenvalue weighted by Crippen LogP contribution is -1.99. The minimum atomic E-state index is 0.562. The van der Waals surface area contributed by atoms with Gasteiger partial charge in [0.05, 0.1) is 169 Å². The van der Waals surface area contributed by atoms with Gasteiger partial charge in [-0.2, -0.15) is 31.6 Å². The Balaban J connectivity index is 0.000000107. The molecule has 0 aliphatic carbocycles. The number of para-hydroxylation sites is 11. The monoisotopic (exact) mass is 1870 g/mol. The Kier molecular flexibility index (Phi) is 19.0. The van der Waals surface area contributed by atoms with E-state index in [0.29, 0.717) is 33.4 Å². The summed E-state index contributed by atoms with van der Waals surface area (Å²) in [6.45, 7) is 0. The summed E-state index contributed by atoms with van der Waals surface area (Å²) in [7, 11) is 0. The first kappa shape index (κ1) is 83.9. The lowest BCUT2D eigenvalue weighted by molar-refractivity contribution is 1.17. The van der Waals surface area contributed by atoms with Crippen LogP contribution in [0, 0.1) is 68.0 Å². The summed E-state index contributed by atoms with van der Waals surface area (Å²) < 4.78 is 20.9. The van der Waals surface area contributed by atoms with Gasteiger partial charge in [0.1, 0.15) is 6.07 Å². The van der Waals surface area contributed by atoms with Gasteiger partial charge in [-0.25, -0.2) is 0 Å². The highest BCUT2D eigenvalue weighted by Crippen LogP contribution is 2.53. The van der Waals surface area contributed by atoms with Gasteiger partial charge in [0.2, 0.25) is 0 Å². The first-order valence-corrected chi connectivity index (χ1v) is 48.7. The number of nitriles is 6. The van der Waals surface area contributed by atoms with Crippen LogP contribution in [0.4, 0.5) is 0 Å². The fraction of sp³-hybridized carbons (Fsp3) is 0. The number of aromatic nitrogens is 9. The summed E-state index contributed by atoms with van der Waals surface area (Å²) in [6, 6.07) is 171. The number of hydrogen-bond acceptors (Lipinski definition) is 6. The highest BCUT2D eigenvalue weighted by atomic mass is 15.1. The Morgan fingerprint density at radius 1 is 0.129 bits per heavy atom. The predicted octanol–water partition coefficient (Wildman–Crippen LogP) is 32.2. The molecule has 30 rings (SSSR count). The van der Waals surface area contributed by atoms with E-state index < -0.39 is 0 Å². The molecule has 0 atom stereocenters. The molecule has 0 bridgehead atoms. The van der Waals surface area contributed by atoms with Crippen LogP contribution in [0.3, 0.4) is 0 Å². The molecule has 0 N–H and O–H groups in total. The van der Waals surface area contributed by atoms with Crippen molar-refractivity contribution in [1.82, 2.24) is 41.1 Å². The molecule has 21 aromatic carbocycles. The molecule has 0 saturated heterocycles. The van der Waals surface area contributed by atoms with Crippen LogP contribution >= 0.6 is 0 Å². The van der Waals surface area contributed by atoms with Gasteiger partial charge in [-0.3, -0.25) is 0 Å². The van der Waals surface area contributed by atoms with Crippen LogP contribution in [0.25, 0.3) is 247 Å². The zero-order chi connectivity index (χ0) is 97.9. The van der Waals surface area contributed by atoms with Crippen LogP contribution < -0.4 is 0 Å². The third-order valence-electron chi connectivity index (χ3n) is 29.6. The summed E-state index contributed by atoms with van der Waals surface area (Å²) in [5, 5.41) is 80.4. The first-order chi connectivity index (χ1) is 72.8. The van der Waals surface area contributed by atoms with Crippen LogP contribution in [0.5, 0.6) is 0 Å². The van der Waals surface area contributed by atoms with E-state index in [0.717, 1.165) is 210 Å². The van der Waals surface area contributed by atoms with Crippen LogP contribution in [0.15, 0.2) is 455 Å². The molecule has 30 aromatic rings. The van der Waals surface area contributed by atoms with Crippen molar-refractivity contribution in [1.29, 1.82) is 31.6 Å². The second-order valence-corrected chi connectivity index (χ2v) is 37.1. The largest absolute Gasteiger partial charge is 0.309 e. The summed E-state index contributed by atoms with van der Waals surface area (Å²) in [5.74, 6) is 0. The van der Waals surface area contributed by atoms with E-state index >= 15 is 0 Å². The van der Waals surface area contributed by atoms with Gasteiger partial charge in [0, 0.05) is 142 Å². The zero-order valence-electron chi connectivity index (χ0n) is 78.5. The third kappa shape index (κ3) is 12.4. The van der Waals surface area contributed by atoms with Crippen molar-refractivity contribution in [2.75, 3.05) is 0 Å². The number of benzene rings is 21. The molecule has 0 unspecified atom stereocenters. The SMILES string of the molecule is N#Cc1ccc(-n2c3cccc(C#N)c3c3c2ccc2c4ccc5c(c6ccccc6n5-c5ccccc5)c4n(-c4ccccc4)c23)cc1.N#Cc1ccc(-n2c3ccccc3c3c2ccc2c4ccc5c(c6ccccc6n5-c5cccc(C#N)c5)c4n(-c4ccccc4)c23)cc1.N#Cc1ccccc1-n1c2c(ccc3c2c2ccccc2n3-c2ccccc2)c2c(C#N)cc3c(c4ccccc4n3-c3ccccc3)c21. The maximum atomic E-state index is 10.9. The highest BCUT2D eigenvalue weighted by molar-refractivity contribution is 6.36. The lowest BCUT2D eigenvalue weighted by Gasteiger charge is -2.12. The van der Waals surface area contributed by atoms with Gasteiger partial charge < -0.3 is 41.1 Å². The van der Waals surface area contributed by atoms with E-state index in [2.05, 4.69) is 393 Å². The van der Waals surface area contributed by atoms with Crippen LogP contribution in [0.2, 0.25) is 0 Å². The van der Waals surface area contributed by atoms with E-state index in [9.17, 15) is 31.6 Å². The zero-order valence-corrected chi connectivity index (χ0v) is 78.5. The second kappa shape index (κ2) is 33.2. The summed E-state index contributed by atoms with van der Waals surface area (Å²) >= 11 is 0. The number of rotatable bonds is 9. The van der Waals surface area contributed by atoms with E-state index in [1.807, 2.05) is 140 Å². The van der Waals surface area contributed by atoms with E-state index in [1.54, 1.807) is 0 Å². The summed E-state index contributed by atoms with van der Waals surface area (Å²) in [5.41, 5.74) is 31.8. The van der Waals surface area contributed by atoms with Gasteiger partial charge in [0.15, 0.2) is 0 Å². The van der Waals surface area contributed by atoms with Gasteiger partial charge in [-0.1, -0.05) is 237 Å². The molecule has 678 valence electrons. The van der Waals surface area contributed by atoms with Crippen molar-refractivity contribution in [3.63, 3.8) is 0 Å². The fourth-order valence-electron chi connectivity index (χ4n) is 23.8. The maximum absolute atomic E-state index is 10.9. The minimum Gasteiger partial charge on any atom is -0.309 e. The molecule has 15 nitrogen and oxygen atoms in total. The highest BCUT2D eigenvalue weighted by Gasteiger charge is 2.32. The average molecular weight is 1870 g/mol. The van der Waals surface area contributed by atoms with Crippen LogP contribution in [-0.2, 0) is 0 Å². The molecule has 147 heavy (non-hydrogen) atoms. The van der Waals surface area contributed by atoms with Crippen LogP contribution in [0.1, 0.15) is 33.4 Å². The van der Waals surface area contributed by atoms with E-state index in [4.69, 9.17) is 0 Å². The molecule has 0 saturated carbocycles. The topological polar surface area (TPSA) is 187 Å². The minimum absolute atomic E-state index is 0.562. The second-order valence-electron chi connectivity index (χ2n) is 37.1. The van der Waals surface area contributed by atoms with Crippen molar-refractivity contribution >= 4 is 196 Å². The quantitative estimate of drug-likeness (QED) is 0.138. The Hall–Kier alpha value is -21.2. The van der Waals surface area contributed by atoms with Crippen molar-refractivity contribution in [3.8, 4) is 87.6 Å². The summed E-state index contributed by atoms with van der Waals surface area (Å²) in [6.07, 6.45) is 0. The molecular weight excluding hydrogens is 1800 g/mol. The van der Waals surface area contributed by atoms with Crippen molar-refractivity contribution in [2.45, 2.75) is 0 Å². The molecule has 0 aliphatic heterocycles. The molecule has 9 heterocycles. The van der Waals surface area contributed by atoms with Crippen molar-refractivity contribution in [2.24, 2.45) is 0 Å². The lowest BCUT2D eigenvalue weighted by atomic mass is 10.0. The molecule has 0 spiro atoms. The fourth-order valence-corrected chi connectivity index (χ4v) is 23.8. The van der Waals surface area contributed by atoms with E-state index in [1.165, 1.54) is 37.7 Å². The van der Waals surface area contributed by atoms with Crippen molar-refractivity contribution in [3.05, 3.63) is 488 Å². The Labute approximate surface area is 839 Å². The average Bonchev–Trinajstić information content (AvgIpc) is 1.52. The Morgan fingerprint density at radius 3 is 0.789 bits per heavy atom. The number of hydrogen-bond donors (Lipinski definition) is 0. The summed E-state index contributed by atoms with van der Waals surface area (Å²) in [4.78, 5) is 0. The van der Waals surface area contributed by atoms with Gasteiger partial charge in [-0.15, -0.1) is 0 Å². The Morgan fingerprint density at radius 2 is 0.401 bits per heavy atom. The maximum Gasteiger partial charge on any atom is 0.101 e. The smallest absolute Gasteiger partial charge is 0.101 e. The molecule has 0 aliphatic rings. The predicted molar refractivity (Wildman–Crippen MR) is 597 cm³/mol. The Bertz CT molecular complexity index is 11100. The van der Waals surface area contributed by atoms with E-state index in [-0.39, 0.29) is 0 Å². The molecule has 0 fully saturated rings. The van der Waals surface area contributed by atoms with Gasteiger partial charge >= 0.3 is 0 Å². The molecule has 0 amide bonds. The normalized spacial score (nSPS) is 11.6. The number of nitrogens with zero attached hydrogens (tertiary/aromatic N) is 15. The van der Waals surface area contributed by atoms with Gasteiger partial charge in [0.25, 0.3) is 0 Å². The standard InChI is InChI=1S/3C44H25N5/c45-26-28-13-7-10-20-35(28)49-43-34(23-24-38-41(43)32-18-8-11-21-36(32)47(38)30-14-3-1-4-15-30)40-29(27-46)25-39-42(44(40)49)33-19-9-12-22-37(33)48(39)31-16-5-2-6-17-31;45-26-28-18-20-32(21-19-28)48-37-17-9-10-29(27-46)40(37)42-39(48)25-23-34-33-22-24-38-41(43(33)49(44(34)42)31-13-5-2-6-14-31)35-15-7-8-16-36(35)47(38)30-11-3-1-4-12-30;45-26-28-17-19-31(20-18-28)47-37-15-6-4-13-35(37)41-39(47)23-21-33-34-22-24-40-42(44(34)49(43(33)41)30-10-2-1-3-11-30)36-14-5-7-16-38(36)48(40)32-12-8-9-29(25-32)27-46/h3*1-25H. The molecule has 15 heteroatoms. The molecular formula is C132H75N15. The first-order valence-electron chi connectivity index (χ1n) is 48.7. The number of fused-ring (bicyclic) bond motifs is 33.